The predicted octanol–water partition coefficient (Wildman–Crippen LogP) is 3.19. The zero-order valence-electron chi connectivity index (χ0n) is 15.3. The minimum absolute atomic E-state index is 0.00855. The van der Waals surface area contributed by atoms with E-state index in [0.717, 1.165) is 0 Å². The molecular weight excluding hydrogens is 362 g/mol. The summed E-state index contributed by atoms with van der Waals surface area (Å²) in [5.41, 5.74) is 1.03. The third kappa shape index (κ3) is 3.96. The standard InChI is InChI=1S/C21H17NO6/c1-12-18(23)8-7-17-15(9-19(24)28-20(12)17)11-26-21(25)13(2)27-16-5-3-14(10-22)4-6-16/h3-9,13,23H,11H2,1-2H3/t13-/m1/s1. The van der Waals surface area contributed by atoms with E-state index in [0.29, 0.717) is 27.8 Å². The normalized spacial score (nSPS) is 11.6. The number of fused-ring (bicyclic) bond motifs is 1. The van der Waals surface area contributed by atoms with Crippen LogP contribution in [0.5, 0.6) is 11.5 Å². The summed E-state index contributed by atoms with van der Waals surface area (Å²) in [5.74, 6) is -0.171. The predicted molar refractivity (Wildman–Crippen MR) is 99.9 cm³/mol. The molecule has 0 spiro atoms. The van der Waals surface area contributed by atoms with Gasteiger partial charge in [-0.15, -0.1) is 0 Å². The van der Waals surface area contributed by atoms with Crippen molar-refractivity contribution in [3.63, 3.8) is 0 Å². The molecule has 28 heavy (non-hydrogen) atoms. The molecule has 3 aromatic rings. The highest BCUT2D eigenvalue weighted by atomic mass is 16.6. The molecule has 0 aliphatic carbocycles. The Kier molecular flexibility index (Phi) is 5.32. The molecule has 0 aliphatic heterocycles. The van der Waals surface area contributed by atoms with Gasteiger partial charge in [0.2, 0.25) is 0 Å². The maximum absolute atomic E-state index is 12.2. The molecule has 1 aromatic heterocycles. The minimum Gasteiger partial charge on any atom is -0.508 e. The van der Waals surface area contributed by atoms with Crippen LogP contribution in [0.15, 0.2) is 51.7 Å². The van der Waals surface area contributed by atoms with Gasteiger partial charge in [0, 0.05) is 22.6 Å². The molecular formula is C21H17NO6. The topological polar surface area (TPSA) is 110 Å². The fraction of sp³-hybridized carbons (Fsp3) is 0.190. The highest BCUT2D eigenvalue weighted by Crippen LogP contribution is 2.27. The molecule has 0 fully saturated rings. The average molecular weight is 379 g/mol. The molecule has 2 aromatic carbocycles. The van der Waals surface area contributed by atoms with Crippen LogP contribution >= 0.6 is 0 Å². The van der Waals surface area contributed by atoms with Crippen molar-refractivity contribution in [2.45, 2.75) is 26.6 Å². The van der Waals surface area contributed by atoms with Crippen molar-refractivity contribution in [1.29, 1.82) is 5.26 Å². The Balaban J connectivity index is 1.72. The number of carbonyl (C=O) groups excluding carboxylic acids is 1. The number of carbonyl (C=O) groups is 1. The quantitative estimate of drug-likeness (QED) is 0.535. The minimum atomic E-state index is -0.884. The van der Waals surface area contributed by atoms with Gasteiger partial charge in [0.25, 0.3) is 0 Å². The number of hydrogen-bond donors (Lipinski definition) is 1. The lowest BCUT2D eigenvalue weighted by atomic mass is 10.1. The summed E-state index contributed by atoms with van der Waals surface area (Å²) >= 11 is 0. The van der Waals surface area contributed by atoms with E-state index >= 15 is 0 Å². The van der Waals surface area contributed by atoms with Gasteiger partial charge in [0.1, 0.15) is 23.7 Å². The first-order valence-corrected chi connectivity index (χ1v) is 8.48. The second-order valence-corrected chi connectivity index (χ2v) is 6.18. The number of aromatic hydroxyl groups is 1. The number of aryl methyl sites for hydroxylation is 1. The van der Waals surface area contributed by atoms with Crippen molar-refractivity contribution in [3.05, 3.63) is 69.6 Å². The SMILES string of the molecule is Cc1c(O)ccc2c(COC(=O)[C@@H](C)Oc3ccc(C#N)cc3)cc(=O)oc12. The monoisotopic (exact) mass is 379 g/mol. The van der Waals surface area contributed by atoms with Crippen LogP contribution in [0, 0.1) is 18.3 Å². The molecule has 0 bridgehead atoms. The summed E-state index contributed by atoms with van der Waals surface area (Å²) in [6.45, 7) is 3.02. The van der Waals surface area contributed by atoms with Crippen LogP contribution in [-0.4, -0.2) is 17.2 Å². The summed E-state index contributed by atoms with van der Waals surface area (Å²) in [5, 5.41) is 19.2. The zero-order valence-corrected chi connectivity index (χ0v) is 15.3. The van der Waals surface area contributed by atoms with Gasteiger partial charge in [-0.05, 0) is 50.2 Å². The molecule has 1 heterocycles. The lowest BCUT2D eigenvalue weighted by Gasteiger charge is -2.14. The van der Waals surface area contributed by atoms with Crippen molar-refractivity contribution in [2.75, 3.05) is 0 Å². The second kappa shape index (κ2) is 7.84. The number of hydrogen-bond acceptors (Lipinski definition) is 7. The Labute approximate surface area is 160 Å². The van der Waals surface area contributed by atoms with E-state index in [1.54, 1.807) is 44.2 Å². The maximum atomic E-state index is 12.2. The van der Waals surface area contributed by atoms with Gasteiger partial charge in [0.15, 0.2) is 6.10 Å². The van der Waals surface area contributed by atoms with E-state index in [9.17, 15) is 14.7 Å². The molecule has 142 valence electrons. The van der Waals surface area contributed by atoms with Crippen LogP contribution in [0.4, 0.5) is 0 Å². The lowest BCUT2D eigenvalue weighted by molar-refractivity contribution is -0.152. The van der Waals surface area contributed by atoms with Gasteiger partial charge in [-0.3, -0.25) is 0 Å². The Morgan fingerprint density at radius 1 is 1.25 bits per heavy atom. The molecule has 7 heteroatoms. The first-order valence-electron chi connectivity index (χ1n) is 8.48. The van der Waals surface area contributed by atoms with Crippen molar-refractivity contribution >= 4 is 16.9 Å². The van der Waals surface area contributed by atoms with Gasteiger partial charge in [-0.25, -0.2) is 9.59 Å². The molecule has 0 aliphatic rings. The van der Waals surface area contributed by atoms with Crippen LogP contribution in [0.25, 0.3) is 11.0 Å². The zero-order chi connectivity index (χ0) is 20.3. The van der Waals surface area contributed by atoms with Crippen LogP contribution < -0.4 is 10.4 Å². The van der Waals surface area contributed by atoms with E-state index in [1.165, 1.54) is 12.1 Å². The average Bonchev–Trinajstić information content (AvgIpc) is 2.69. The molecule has 3 rings (SSSR count). The van der Waals surface area contributed by atoms with Crippen molar-refractivity contribution in [3.8, 4) is 17.6 Å². The lowest BCUT2D eigenvalue weighted by Crippen LogP contribution is -2.26. The van der Waals surface area contributed by atoms with Crippen LogP contribution in [0.2, 0.25) is 0 Å². The third-order valence-corrected chi connectivity index (χ3v) is 4.22. The van der Waals surface area contributed by atoms with Crippen molar-refractivity contribution in [1.82, 2.24) is 0 Å². The fourth-order valence-electron chi connectivity index (χ4n) is 2.66. The van der Waals surface area contributed by atoms with E-state index in [2.05, 4.69) is 0 Å². The summed E-state index contributed by atoms with van der Waals surface area (Å²) in [6, 6.07) is 12.7. The Morgan fingerprint density at radius 3 is 2.64 bits per heavy atom. The maximum Gasteiger partial charge on any atom is 0.347 e. The van der Waals surface area contributed by atoms with Crippen molar-refractivity contribution in [2.24, 2.45) is 0 Å². The summed E-state index contributed by atoms with van der Waals surface area (Å²) in [6.07, 6.45) is -0.884. The van der Waals surface area contributed by atoms with Gasteiger partial charge in [0.05, 0.1) is 11.6 Å². The smallest absolute Gasteiger partial charge is 0.347 e. The molecule has 0 radical (unpaired) electrons. The molecule has 1 N–H and O–H groups in total. The highest BCUT2D eigenvalue weighted by Gasteiger charge is 2.18. The number of nitrogens with zero attached hydrogens (tertiary/aromatic N) is 1. The van der Waals surface area contributed by atoms with E-state index in [-0.39, 0.29) is 17.9 Å². The van der Waals surface area contributed by atoms with Gasteiger partial charge >= 0.3 is 11.6 Å². The summed E-state index contributed by atoms with van der Waals surface area (Å²) < 4.78 is 16.0. The summed E-state index contributed by atoms with van der Waals surface area (Å²) in [4.78, 5) is 24.0. The molecule has 0 unspecified atom stereocenters. The first kappa shape index (κ1) is 19.0. The van der Waals surface area contributed by atoms with Crippen LogP contribution in [0.1, 0.15) is 23.6 Å². The number of benzene rings is 2. The van der Waals surface area contributed by atoms with Crippen LogP contribution in [0.3, 0.4) is 0 Å². The second-order valence-electron chi connectivity index (χ2n) is 6.18. The number of esters is 1. The molecule has 0 saturated carbocycles. The molecule has 0 amide bonds. The number of rotatable bonds is 5. The molecule has 7 nitrogen and oxygen atoms in total. The number of nitriles is 1. The van der Waals surface area contributed by atoms with Gasteiger partial charge < -0.3 is 19.0 Å². The Bertz CT molecular complexity index is 1120. The third-order valence-electron chi connectivity index (χ3n) is 4.22. The fourth-order valence-corrected chi connectivity index (χ4v) is 2.66. The van der Waals surface area contributed by atoms with Crippen LogP contribution in [-0.2, 0) is 16.1 Å². The van der Waals surface area contributed by atoms with Gasteiger partial charge in [-0.1, -0.05) is 0 Å². The van der Waals surface area contributed by atoms with Crippen molar-refractivity contribution < 1.29 is 23.8 Å². The van der Waals surface area contributed by atoms with E-state index in [1.807, 2.05) is 6.07 Å². The first-order chi connectivity index (χ1) is 13.4. The largest absolute Gasteiger partial charge is 0.508 e. The van der Waals surface area contributed by atoms with Gasteiger partial charge in [-0.2, -0.15) is 5.26 Å². The number of phenols is 1. The van der Waals surface area contributed by atoms with E-state index < -0.39 is 17.7 Å². The highest BCUT2D eigenvalue weighted by molar-refractivity contribution is 5.85. The molecule has 0 saturated heterocycles. The number of ether oxygens (including phenoxy) is 2. The number of phenolic OH excluding ortho intramolecular Hbond substituents is 1. The summed E-state index contributed by atoms with van der Waals surface area (Å²) in [7, 11) is 0. The van der Waals surface area contributed by atoms with E-state index in [4.69, 9.17) is 19.2 Å². The molecule has 1 atom stereocenters. The Hall–Kier alpha value is -3.79. The Morgan fingerprint density at radius 2 is 1.96 bits per heavy atom.